The number of halogens is 3. The maximum absolute atomic E-state index is 14.1. The maximum atomic E-state index is 14.1. The smallest absolute Gasteiger partial charge is 0.368 e. The van der Waals surface area contributed by atoms with E-state index in [0.717, 1.165) is 17.2 Å². The van der Waals surface area contributed by atoms with Crippen LogP contribution in [0.3, 0.4) is 0 Å². The fourth-order valence-corrected chi connectivity index (χ4v) is 5.73. The van der Waals surface area contributed by atoms with Gasteiger partial charge in [0.25, 0.3) is 5.91 Å². The number of hydrogen-bond donors (Lipinski definition) is 2. The van der Waals surface area contributed by atoms with Crippen molar-refractivity contribution >= 4 is 34.8 Å². The van der Waals surface area contributed by atoms with Gasteiger partial charge >= 0.3 is 6.18 Å². The Bertz CT molecular complexity index is 1550. The molecule has 41 heavy (non-hydrogen) atoms. The molecule has 6 rings (SSSR count). The monoisotopic (exact) mass is 565 g/mol. The predicted octanol–water partition coefficient (Wildman–Crippen LogP) is 3.97. The highest BCUT2D eigenvalue weighted by molar-refractivity contribution is 6.07. The largest absolute Gasteiger partial charge is 0.418 e. The van der Waals surface area contributed by atoms with Gasteiger partial charge in [-0.3, -0.25) is 9.59 Å². The van der Waals surface area contributed by atoms with Gasteiger partial charge in [-0.05, 0) is 62.7 Å². The molecule has 1 saturated carbocycles. The molecule has 214 valence electrons. The molecule has 1 spiro atoms. The molecule has 2 fully saturated rings. The highest BCUT2D eigenvalue weighted by Crippen LogP contribution is 2.53. The second kappa shape index (κ2) is 9.72. The van der Waals surface area contributed by atoms with Crippen LogP contribution in [0, 0.1) is 6.92 Å². The normalized spacial score (nSPS) is 18.4. The van der Waals surface area contributed by atoms with Crippen LogP contribution >= 0.6 is 0 Å². The van der Waals surface area contributed by atoms with Gasteiger partial charge in [-0.15, -0.1) is 0 Å². The zero-order valence-electron chi connectivity index (χ0n) is 22.8. The number of aromatic nitrogens is 2. The van der Waals surface area contributed by atoms with Gasteiger partial charge in [-0.2, -0.15) is 13.2 Å². The highest BCUT2D eigenvalue weighted by Gasteiger charge is 2.58. The Balaban J connectivity index is 1.27. The molecule has 12 heteroatoms. The van der Waals surface area contributed by atoms with Gasteiger partial charge in [-0.1, -0.05) is 6.07 Å². The van der Waals surface area contributed by atoms with E-state index in [0.29, 0.717) is 56.1 Å². The third kappa shape index (κ3) is 4.86. The van der Waals surface area contributed by atoms with Crippen LogP contribution in [0.1, 0.15) is 45.6 Å². The summed E-state index contributed by atoms with van der Waals surface area (Å²) >= 11 is 0. The summed E-state index contributed by atoms with van der Waals surface area (Å²) in [5.41, 5.74) is 7.45. The minimum absolute atomic E-state index is 0.0726. The lowest BCUT2D eigenvalue weighted by Crippen LogP contribution is -2.45. The Morgan fingerprint density at radius 3 is 2.46 bits per heavy atom. The number of alkyl halides is 3. The Labute approximate surface area is 235 Å². The number of amides is 2. The number of rotatable bonds is 4. The SMILES string of the molecule is Cc1ccc(NC(=O)c2ccc(N3CCN(C)CC3)c(C(F)(F)F)c2)cc1N1Cc2cnc(N)nc2C2(CC2)C1=O. The molecule has 3 heterocycles. The summed E-state index contributed by atoms with van der Waals surface area (Å²) in [4.78, 5) is 40.7. The Hall–Kier alpha value is -4.19. The molecule has 2 aromatic carbocycles. The van der Waals surface area contributed by atoms with Crippen molar-refractivity contribution in [1.82, 2.24) is 14.9 Å². The zero-order chi connectivity index (χ0) is 29.1. The van der Waals surface area contributed by atoms with Crippen molar-refractivity contribution in [1.29, 1.82) is 0 Å². The number of likely N-dealkylation sites (N-methyl/N-ethyl adjacent to an activating group) is 1. The number of nitrogens with zero attached hydrogens (tertiary/aromatic N) is 5. The topological polar surface area (TPSA) is 108 Å². The number of fused-ring (bicyclic) bond motifs is 2. The maximum Gasteiger partial charge on any atom is 0.418 e. The van der Waals surface area contributed by atoms with E-state index in [1.165, 1.54) is 12.1 Å². The van der Waals surface area contributed by atoms with Crippen LogP contribution < -0.4 is 20.9 Å². The third-order valence-electron chi connectivity index (χ3n) is 8.24. The highest BCUT2D eigenvalue weighted by atomic mass is 19.4. The molecule has 9 nitrogen and oxygen atoms in total. The van der Waals surface area contributed by atoms with E-state index in [1.807, 2.05) is 14.0 Å². The van der Waals surface area contributed by atoms with Crippen LogP contribution in [0.25, 0.3) is 0 Å². The summed E-state index contributed by atoms with van der Waals surface area (Å²) in [5, 5.41) is 2.72. The van der Waals surface area contributed by atoms with Gasteiger partial charge in [-0.25, -0.2) is 9.97 Å². The van der Waals surface area contributed by atoms with Gasteiger partial charge in [0.15, 0.2) is 0 Å². The van der Waals surface area contributed by atoms with Crippen molar-refractivity contribution < 1.29 is 22.8 Å². The average molecular weight is 566 g/mol. The molecule has 0 unspecified atom stereocenters. The zero-order valence-corrected chi connectivity index (χ0v) is 22.8. The van der Waals surface area contributed by atoms with E-state index in [2.05, 4.69) is 20.2 Å². The number of aryl methyl sites for hydroxylation is 1. The number of carbonyl (C=O) groups is 2. The van der Waals surface area contributed by atoms with Crippen molar-refractivity contribution in [2.45, 2.75) is 37.9 Å². The molecule has 0 atom stereocenters. The number of nitrogen functional groups attached to an aromatic ring is 1. The minimum Gasteiger partial charge on any atom is -0.368 e. The Morgan fingerprint density at radius 2 is 1.78 bits per heavy atom. The van der Waals surface area contributed by atoms with E-state index in [1.54, 1.807) is 34.2 Å². The molecule has 1 aromatic heterocycles. The lowest BCUT2D eigenvalue weighted by molar-refractivity contribution is -0.137. The van der Waals surface area contributed by atoms with Gasteiger partial charge in [0.2, 0.25) is 11.9 Å². The number of carbonyl (C=O) groups excluding carboxylic acids is 2. The second-order valence-corrected chi connectivity index (χ2v) is 11.1. The van der Waals surface area contributed by atoms with E-state index >= 15 is 0 Å². The first kappa shape index (κ1) is 27.0. The molecule has 3 aliphatic rings. The van der Waals surface area contributed by atoms with E-state index in [-0.39, 0.29) is 29.7 Å². The summed E-state index contributed by atoms with van der Waals surface area (Å²) in [7, 11) is 1.93. The number of anilines is 4. The quantitative estimate of drug-likeness (QED) is 0.493. The van der Waals surface area contributed by atoms with Gasteiger partial charge in [0.05, 0.1) is 23.2 Å². The number of nitrogens with two attached hydrogens (primary N) is 1. The molecule has 0 radical (unpaired) electrons. The van der Waals surface area contributed by atoms with Crippen LogP contribution in [0.5, 0.6) is 0 Å². The van der Waals surface area contributed by atoms with E-state index in [9.17, 15) is 22.8 Å². The predicted molar refractivity (Wildman–Crippen MR) is 149 cm³/mol. The lowest BCUT2D eigenvalue weighted by Gasteiger charge is -2.35. The number of piperazine rings is 1. The first-order chi connectivity index (χ1) is 19.5. The Morgan fingerprint density at radius 1 is 1.05 bits per heavy atom. The molecule has 1 aliphatic carbocycles. The fraction of sp³-hybridized carbons (Fsp3) is 0.379. The Kier molecular flexibility index (Phi) is 6.40. The van der Waals surface area contributed by atoms with Crippen molar-refractivity contribution in [2.75, 3.05) is 54.1 Å². The van der Waals surface area contributed by atoms with Crippen LogP contribution in [-0.4, -0.2) is 59.9 Å². The van der Waals surface area contributed by atoms with Crippen LogP contribution in [-0.2, 0) is 22.9 Å². The molecule has 1 saturated heterocycles. The third-order valence-corrected chi connectivity index (χ3v) is 8.24. The molecular weight excluding hydrogens is 535 g/mol. The lowest BCUT2D eigenvalue weighted by atomic mass is 9.91. The minimum atomic E-state index is -4.62. The molecule has 3 N–H and O–H groups in total. The van der Waals surface area contributed by atoms with E-state index < -0.39 is 23.1 Å². The summed E-state index contributed by atoms with van der Waals surface area (Å²) in [6, 6.07) is 8.81. The first-order valence-corrected chi connectivity index (χ1v) is 13.5. The van der Waals surface area contributed by atoms with E-state index in [4.69, 9.17) is 5.73 Å². The van der Waals surface area contributed by atoms with Crippen molar-refractivity contribution in [3.63, 3.8) is 0 Å². The molecule has 2 amide bonds. The van der Waals surface area contributed by atoms with Crippen LogP contribution in [0.2, 0.25) is 0 Å². The molecule has 3 aromatic rings. The van der Waals surface area contributed by atoms with Gasteiger partial charge in [0.1, 0.15) is 0 Å². The second-order valence-electron chi connectivity index (χ2n) is 11.1. The number of benzene rings is 2. The van der Waals surface area contributed by atoms with Crippen molar-refractivity contribution in [3.8, 4) is 0 Å². The van der Waals surface area contributed by atoms with Crippen LogP contribution in [0.15, 0.2) is 42.6 Å². The average Bonchev–Trinajstić information content (AvgIpc) is 3.74. The molecular formula is C29H30F3N7O2. The van der Waals surface area contributed by atoms with Gasteiger partial charge < -0.3 is 25.8 Å². The standard InChI is InChI=1S/C29H30F3N7O2/c1-17-3-5-20(14-23(17)39-16-19-15-34-27(33)36-24(19)28(7-8-28)26(39)41)35-25(40)18-4-6-22(21(13-18)29(30,31)32)38-11-9-37(2)10-12-38/h3-6,13-15H,7-12,16H2,1-2H3,(H,35,40)(H2,33,34,36). The number of nitrogens with one attached hydrogen (secondary N) is 1. The summed E-state index contributed by atoms with van der Waals surface area (Å²) in [5.74, 6) is -0.639. The fourth-order valence-electron chi connectivity index (χ4n) is 5.73. The van der Waals surface area contributed by atoms with Crippen molar-refractivity contribution in [3.05, 3.63) is 70.5 Å². The van der Waals surface area contributed by atoms with Crippen molar-refractivity contribution in [2.24, 2.45) is 0 Å². The number of hydrogen-bond acceptors (Lipinski definition) is 7. The van der Waals surface area contributed by atoms with Crippen LogP contribution in [0.4, 0.5) is 36.2 Å². The molecule has 0 bridgehead atoms. The first-order valence-electron chi connectivity index (χ1n) is 13.5. The summed E-state index contributed by atoms with van der Waals surface area (Å²) in [6.07, 6.45) is -1.66. The summed E-state index contributed by atoms with van der Waals surface area (Å²) in [6.45, 7) is 4.35. The van der Waals surface area contributed by atoms with Gasteiger partial charge in [0, 0.05) is 60.6 Å². The molecule has 2 aliphatic heterocycles. The summed E-state index contributed by atoms with van der Waals surface area (Å²) < 4.78 is 42.2.